The number of amides is 1. The van der Waals surface area contributed by atoms with Crippen LogP contribution in [0.4, 0.5) is 0 Å². The number of likely N-dealkylation sites (tertiary alicyclic amines) is 1. The van der Waals surface area contributed by atoms with E-state index in [-0.39, 0.29) is 11.8 Å². The van der Waals surface area contributed by atoms with Crippen LogP contribution in [-0.4, -0.2) is 43.1 Å². The number of ether oxygens (including phenoxy) is 1. The molecule has 1 amide bonds. The summed E-state index contributed by atoms with van der Waals surface area (Å²) in [6, 6.07) is 9.91. The maximum Gasteiger partial charge on any atom is 0.232 e. The number of rotatable bonds is 2. The van der Waals surface area contributed by atoms with Crippen LogP contribution in [0.25, 0.3) is 0 Å². The van der Waals surface area contributed by atoms with E-state index in [2.05, 4.69) is 16.3 Å². The van der Waals surface area contributed by atoms with Crippen LogP contribution in [-0.2, 0) is 4.79 Å². The number of nitrogens with one attached hydrogen (secondary N) is 1. The van der Waals surface area contributed by atoms with Gasteiger partial charge in [0.05, 0.1) is 6.07 Å². The molecule has 2 aliphatic heterocycles. The number of fused-ring (bicyclic) bond motifs is 1. The highest BCUT2D eigenvalue weighted by molar-refractivity contribution is 5.86. The average Bonchev–Trinajstić information content (AvgIpc) is 2.94. The van der Waals surface area contributed by atoms with Crippen LogP contribution in [0.5, 0.6) is 5.75 Å². The van der Waals surface area contributed by atoms with Crippen LogP contribution in [0.2, 0.25) is 0 Å². The molecule has 2 heterocycles. The Labute approximate surface area is 124 Å². The third-order valence-electron chi connectivity index (χ3n) is 4.43. The standard InChI is InChI=1S/C16H19N3O2/c1-19-8-6-16(11-17,7-9-19)18-15(20)13-10-21-14-5-3-2-4-12(13)14/h2-5,13H,6-10H2,1H3,(H,18,20). The Kier molecular flexibility index (Phi) is 3.56. The lowest BCUT2D eigenvalue weighted by atomic mass is 9.88. The highest BCUT2D eigenvalue weighted by Crippen LogP contribution is 2.34. The first-order chi connectivity index (χ1) is 10.1. The molecular formula is C16H19N3O2. The zero-order valence-corrected chi connectivity index (χ0v) is 12.1. The number of nitriles is 1. The van der Waals surface area contributed by atoms with E-state index in [0.29, 0.717) is 19.4 Å². The summed E-state index contributed by atoms with van der Waals surface area (Å²) in [6.07, 6.45) is 1.34. The fourth-order valence-electron chi connectivity index (χ4n) is 2.97. The molecule has 21 heavy (non-hydrogen) atoms. The van der Waals surface area contributed by atoms with E-state index in [1.807, 2.05) is 31.3 Å². The zero-order valence-electron chi connectivity index (χ0n) is 12.1. The van der Waals surface area contributed by atoms with Gasteiger partial charge >= 0.3 is 0 Å². The van der Waals surface area contributed by atoms with E-state index in [9.17, 15) is 10.1 Å². The molecule has 0 aromatic heterocycles. The van der Waals surface area contributed by atoms with Crippen molar-refractivity contribution in [2.24, 2.45) is 0 Å². The average molecular weight is 285 g/mol. The van der Waals surface area contributed by atoms with Crippen LogP contribution in [0.15, 0.2) is 24.3 Å². The number of carbonyl (C=O) groups is 1. The molecule has 110 valence electrons. The van der Waals surface area contributed by atoms with Gasteiger partial charge < -0.3 is 15.0 Å². The molecular weight excluding hydrogens is 266 g/mol. The van der Waals surface area contributed by atoms with Crippen LogP contribution in [0, 0.1) is 11.3 Å². The van der Waals surface area contributed by atoms with Crippen LogP contribution >= 0.6 is 0 Å². The van der Waals surface area contributed by atoms with Gasteiger partial charge in [-0.25, -0.2) is 0 Å². The Hall–Kier alpha value is -2.06. The molecule has 3 rings (SSSR count). The van der Waals surface area contributed by atoms with Crippen molar-refractivity contribution in [2.75, 3.05) is 26.7 Å². The maximum atomic E-state index is 12.6. The Balaban J connectivity index is 1.74. The van der Waals surface area contributed by atoms with Crippen molar-refractivity contribution in [2.45, 2.75) is 24.3 Å². The molecule has 0 aliphatic carbocycles. The molecule has 1 aromatic rings. The molecule has 0 saturated carbocycles. The first-order valence-corrected chi connectivity index (χ1v) is 7.27. The molecule has 2 aliphatic rings. The van der Waals surface area contributed by atoms with Crippen LogP contribution < -0.4 is 10.1 Å². The second-order valence-electron chi connectivity index (χ2n) is 5.89. The summed E-state index contributed by atoms with van der Waals surface area (Å²) in [6.45, 7) is 2.00. The van der Waals surface area contributed by atoms with Gasteiger partial charge in [0.1, 0.15) is 23.8 Å². The van der Waals surface area contributed by atoms with Gasteiger partial charge in [-0.2, -0.15) is 5.26 Å². The zero-order chi connectivity index (χ0) is 14.9. The summed E-state index contributed by atoms with van der Waals surface area (Å²) in [7, 11) is 2.03. The fraction of sp³-hybridized carbons (Fsp3) is 0.500. The fourth-order valence-corrected chi connectivity index (χ4v) is 2.97. The van der Waals surface area contributed by atoms with Crippen molar-refractivity contribution in [3.8, 4) is 11.8 Å². The lowest BCUT2D eigenvalue weighted by Crippen LogP contribution is -2.54. The van der Waals surface area contributed by atoms with Crippen molar-refractivity contribution in [1.82, 2.24) is 10.2 Å². The minimum Gasteiger partial charge on any atom is -0.492 e. The smallest absolute Gasteiger partial charge is 0.232 e. The molecule has 1 unspecified atom stereocenters. The summed E-state index contributed by atoms with van der Waals surface area (Å²) in [5.41, 5.74) is 0.178. The molecule has 1 N–H and O–H groups in total. The normalized spacial score (nSPS) is 23.7. The molecule has 1 saturated heterocycles. The Bertz CT molecular complexity index is 585. The molecule has 0 spiro atoms. The van der Waals surface area contributed by atoms with Crippen molar-refractivity contribution < 1.29 is 9.53 Å². The summed E-state index contributed by atoms with van der Waals surface area (Å²) in [5.74, 6) is 0.351. The van der Waals surface area contributed by atoms with Gasteiger partial charge in [0, 0.05) is 18.7 Å². The summed E-state index contributed by atoms with van der Waals surface area (Å²) in [4.78, 5) is 14.7. The Morgan fingerprint density at radius 3 is 2.86 bits per heavy atom. The molecule has 1 fully saturated rings. The third kappa shape index (κ3) is 2.59. The molecule has 1 aromatic carbocycles. The molecule has 1 atom stereocenters. The van der Waals surface area contributed by atoms with Gasteiger partial charge in [0.25, 0.3) is 0 Å². The van der Waals surface area contributed by atoms with Crippen LogP contribution in [0.1, 0.15) is 24.3 Å². The predicted octanol–water partition coefficient (Wildman–Crippen LogP) is 1.27. The second-order valence-corrected chi connectivity index (χ2v) is 5.89. The number of carbonyl (C=O) groups excluding carboxylic acids is 1. The summed E-state index contributed by atoms with van der Waals surface area (Å²) in [5, 5.41) is 12.5. The number of para-hydroxylation sites is 1. The Morgan fingerprint density at radius 1 is 1.43 bits per heavy atom. The molecule has 0 bridgehead atoms. The van der Waals surface area contributed by atoms with Crippen LogP contribution in [0.3, 0.4) is 0 Å². The van der Waals surface area contributed by atoms with E-state index in [1.165, 1.54) is 0 Å². The number of hydrogen-bond donors (Lipinski definition) is 1. The largest absolute Gasteiger partial charge is 0.492 e. The first-order valence-electron chi connectivity index (χ1n) is 7.27. The Morgan fingerprint density at radius 2 is 2.14 bits per heavy atom. The van der Waals surface area contributed by atoms with E-state index < -0.39 is 5.54 Å². The van der Waals surface area contributed by atoms with E-state index in [1.54, 1.807) is 0 Å². The number of piperidine rings is 1. The third-order valence-corrected chi connectivity index (χ3v) is 4.43. The quantitative estimate of drug-likeness (QED) is 0.888. The van der Waals surface area contributed by atoms with Crippen molar-refractivity contribution in [1.29, 1.82) is 5.26 Å². The van der Waals surface area contributed by atoms with E-state index in [4.69, 9.17) is 4.74 Å². The van der Waals surface area contributed by atoms with Gasteiger partial charge in [0.15, 0.2) is 0 Å². The molecule has 5 nitrogen and oxygen atoms in total. The van der Waals surface area contributed by atoms with E-state index >= 15 is 0 Å². The molecule has 0 radical (unpaired) electrons. The second kappa shape index (κ2) is 5.38. The molecule has 5 heteroatoms. The summed E-state index contributed by atoms with van der Waals surface area (Å²) < 4.78 is 5.55. The number of hydrogen-bond acceptors (Lipinski definition) is 4. The van der Waals surface area contributed by atoms with Gasteiger partial charge in [0.2, 0.25) is 5.91 Å². The highest BCUT2D eigenvalue weighted by Gasteiger charge is 2.39. The van der Waals surface area contributed by atoms with Gasteiger partial charge in [-0.15, -0.1) is 0 Å². The topological polar surface area (TPSA) is 65.4 Å². The maximum absolute atomic E-state index is 12.6. The lowest BCUT2D eigenvalue weighted by molar-refractivity contribution is -0.124. The van der Waals surface area contributed by atoms with Gasteiger partial charge in [-0.1, -0.05) is 18.2 Å². The lowest BCUT2D eigenvalue weighted by Gasteiger charge is -2.36. The van der Waals surface area contributed by atoms with Gasteiger partial charge in [-0.05, 0) is 26.0 Å². The van der Waals surface area contributed by atoms with Crippen molar-refractivity contribution in [3.63, 3.8) is 0 Å². The highest BCUT2D eigenvalue weighted by atomic mass is 16.5. The summed E-state index contributed by atoms with van der Waals surface area (Å²) >= 11 is 0. The van der Waals surface area contributed by atoms with Crippen molar-refractivity contribution >= 4 is 5.91 Å². The number of nitrogens with zero attached hydrogens (tertiary/aromatic N) is 2. The number of benzene rings is 1. The van der Waals surface area contributed by atoms with Gasteiger partial charge in [-0.3, -0.25) is 4.79 Å². The first kappa shape index (κ1) is 13.9. The van der Waals surface area contributed by atoms with E-state index in [0.717, 1.165) is 24.4 Å². The SMILES string of the molecule is CN1CCC(C#N)(NC(=O)C2COc3ccccc32)CC1. The predicted molar refractivity (Wildman–Crippen MR) is 77.9 cm³/mol. The minimum absolute atomic E-state index is 0.106. The monoisotopic (exact) mass is 285 g/mol. The van der Waals surface area contributed by atoms with Crippen molar-refractivity contribution in [3.05, 3.63) is 29.8 Å². The minimum atomic E-state index is -0.735.